The molecule has 2 aromatic heterocycles. The molecule has 0 saturated heterocycles. The molecule has 0 bridgehead atoms. The summed E-state index contributed by atoms with van der Waals surface area (Å²) in [5, 5.41) is 12.2. The van der Waals surface area contributed by atoms with Gasteiger partial charge in [-0.15, -0.1) is 0 Å². The quantitative estimate of drug-likeness (QED) is 0.659. The maximum absolute atomic E-state index is 12.2. The first-order valence-electron chi connectivity index (χ1n) is 7.67. The molecule has 128 valence electrons. The molecule has 0 saturated carbocycles. The number of aryl methyl sites for hydroxylation is 1. The molecule has 2 heterocycles. The molecule has 0 spiro atoms. The summed E-state index contributed by atoms with van der Waals surface area (Å²) in [4.78, 5) is 28.3. The number of H-pyrrole nitrogens is 1. The Kier molecular flexibility index (Phi) is 4.60. The predicted octanol–water partition coefficient (Wildman–Crippen LogP) is 2.13. The number of aromatic nitrogens is 3. The highest BCUT2D eigenvalue weighted by Crippen LogP contribution is 2.18. The van der Waals surface area contributed by atoms with Gasteiger partial charge in [0.05, 0.1) is 6.26 Å². The number of rotatable bonds is 5. The van der Waals surface area contributed by atoms with E-state index >= 15 is 0 Å². The van der Waals surface area contributed by atoms with E-state index in [9.17, 15) is 9.59 Å². The molecular formula is C17H17N5O3. The van der Waals surface area contributed by atoms with Gasteiger partial charge in [0.15, 0.2) is 11.6 Å². The second-order valence-electron chi connectivity index (χ2n) is 5.48. The van der Waals surface area contributed by atoms with Crippen molar-refractivity contribution >= 4 is 17.5 Å². The zero-order valence-corrected chi connectivity index (χ0v) is 13.7. The van der Waals surface area contributed by atoms with Gasteiger partial charge in [-0.25, -0.2) is 4.98 Å². The van der Waals surface area contributed by atoms with Crippen molar-refractivity contribution < 1.29 is 14.0 Å². The fourth-order valence-corrected chi connectivity index (χ4v) is 2.17. The SMILES string of the molecule is Cc1nc(-c2ccc(NC(=O)C(C)NC(=O)c3ccco3)cc2)n[nH]1. The van der Waals surface area contributed by atoms with Gasteiger partial charge in [-0.1, -0.05) is 0 Å². The summed E-state index contributed by atoms with van der Waals surface area (Å²) in [7, 11) is 0. The summed E-state index contributed by atoms with van der Waals surface area (Å²) < 4.78 is 4.99. The van der Waals surface area contributed by atoms with Gasteiger partial charge in [-0.2, -0.15) is 5.10 Å². The first-order chi connectivity index (χ1) is 12.0. The zero-order valence-electron chi connectivity index (χ0n) is 13.7. The maximum Gasteiger partial charge on any atom is 0.287 e. The number of anilines is 1. The minimum absolute atomic E-state index is 0.158. The van der Waals surface area contributed by atoms with Gasteiger partial charge in [-0.05, 0) is 50.2 Å². The van der Waals surface area contributed by atoms with Gasteiger partial charge in [-0.3, -0.25) is 14.7 Å². The minimum Gasteiger partial charge on any atom is -0.459 e. The highest BCUT2D eigenvalue weighted by atomic mass is 16.3. The fourth-order valence-electron chi connectivity index (χ4n) is 2.17. The Bertz CT molecular complexity index is 868. The summed E-state index contributed by atoms with van der Waals surface area (Å²) >= 11 is 0. The molecule has 1 aromatic carbocycles. The number of nitrogens with zero attached hydrogens (tertiary/aromatic N) is 2. The third-order valence-electron chi connectivity index (χ3n) is 3.49. The number of aromatic amines is 1. The number of hydrogen-bond donors (Lipinski definition) is 3. The molecule has 1 atom stereocenters. The highest BCUT2D eigenvalue weighted by Gasteiger charge is 2.18. The lowest BCUT2D eigenvalue weighted by molar-refractivity contribution is -0.117. The van der Waals surface area contributed by atoms with Crippen LogP contribution in [-0.2, 0) is 4.79 Å². The van der Waals surface area contributed by atoms with Crippen molar-refractivity contribution in [2.24, 2.45) is 0 Å². The third kappa shape index (κ3) is 3.92. The van der Waals surface area contributed by atoms with E-state index in [0.29, 0.717) is 11.5 Å². The Hall–Kier alpha value is -3.42. The minimum atomic E-state index is -0.715. The normalized spacial score (nSPS) is 11.8. The van der Waals surface area contributed by atoms with Gasteiger partial charge in [0.1, 0.15) is 11.9 Å². The van der Waals surface area contributed by atoms with Crippen molar-refractivity contribution in [3.8, 4) is 11.4 Å². The number of carbonyl (C=O) groups is 2. The van der Waals surface area contributed by atoms with Crippen LogP contribution < -0.4 is 10.6 Å². The smallest absolute Gasteiger partial charge is 0.287 e. The van der Waals surface area contributed by atoms with Crippen LogP contribution in [0.1, 0.15) is 23.3 Å². The van der Waals surface area contributed by atoms with Gasteiger partial charge >= 0.3 is 0 Å². The molecule has 8 nitrogen and oxygen atoms in total. The Balaban J connectivity index is 1.59. The van der Waals surface area contributed by atoms with Gasteiger partial charge in [0, 0.05) is 11.3 Å². The molecule has 3 aromatic rings. The lowest BCUT2D eigenvalue weighted by Crippen LogP contribution is -2.41. The van der Waals surface area contributed by atoms with Crippen LogP contribution in [-0.4, -0.2) is 33.0 Å². The molecule has 3 rings (SSSR count). The molecule has 8 heteroatoms. The van der Waals surface area contributed by atoms with E-state index in [0.717, 1.165) is 11.4 Å². The fraction of sp³-hybridized carbons (Fsp3) is 0.176. The van der Waals surface area contributed by atoms with E-state index in [4.69, 9.17) is 4.42 Å². The number of hydrogen-bond acceptors (Lipinski definition) is 5. The lowest BCUT2D eigenvalue weighted by Gasteiger charge is -2.13. The summed E-state index contributed by atoms with van der Waals surface area (Å²) in [6.45, 7) is 3.42. The summed E-state index contributed by atoms with van der Waals surface area (Å²) in [6, 6.07) is 9.54. The third-order valence-corrected chi connectivity index (χ3v) is 3.49. The average Bonchev–Trinajstić information content (AvgIpc) is 3.27. The van der Waals surface area contributed by atoms with E-state index in [-0.39, 0.29) is 11.7 Å². The number of furan rings is 1. The second kappa shape index (κ2) is 7.00. The monoisotopic (exact) mass is 339 g/mol. The summed E-state index contributed by atoms with van der Waals surface area (Å²) in [5.41, 5.74) is 1.45. The Morgan fingerprint density at radius 2 is 1.96 bits per heavy atom. The molecular weight excluding hydrogens is 322 g/mol. The maximum atomic E-state index is 12.2. The first-order valence-corrected chi connectivity index (χ1v) is 7.67. The van der Waals surface area contributed by atoms with E-state index < -0.39 is 11.9 Å². The molecule has 1 unspecified atom stereocenters. The van der Waals surface area contributed by atoms with Crippen LogP contribution >= 0.6 is 0 Å². The highest BCUT2D eigenvalue weighted by molar-refractivity contribution is 5.99. The standard InChI is InChI=1S/C17H17N5O3/c1-10(18-17(24)14-4-3-9-25-14)16(23)20-13-7-5-12(6-8-13)15-19-11(2)21-22-15/h3-10H,1-2H3,(H,18,24)(H,20,23)(H,19,21,22). The van der Waals surface area contributed by atoms with Crippen LogP contribution in [0.5, 0.6) is 0 Å². The topological polar surface area (TPSA) is 113 Å². The zero-order chi connectivity index (χ0) is 17.8. The summed E-state index contributed by atoms with van der Waals surface area (Å²) in [5.74, 6) is 0.707. The molecule has 0 aliphatic rings. The molecule has 0 fully saturated rings. The van der Waals surface area contributed by atoms with E-state index in [2.05, 4.69) is 25.8 Å². The largest absolute Gasteiger partial charge is 0.459 e. The van der Waals surface area contributed by atoms with Crippen molar-refractivity contribution in [1.82, 2.24) is 20.5 Å². The van der Waals surface area contributed by atoms with Crippen LogP contribution in [0.2, 0.25) is 0 Å². The number of nitrogens with one attached hydrogen (secondary N) is 3. The van der Waals surface area contributed by atoms with E-state index in [1.807, 2.05) is 19.1 Å². The Morgan fingerprint density at radius 3 is 2.56 bits per heavy atom. The molecule has 25 heavy (non-hydrogen) atoms. The van der Waals surface area contributed by atoms with Crippen LogP contribution in [0.25, 0.3) is 11.4 Å². The Labute approximate surface area is 143 Å². The Morgan fingerprint density at radius 1 is 1.20 bits per heavy atom. The molecule has 0 aliphatic carbocycles. The van der Waals surface area contributed by atoms with Crippen molar-refractivity contribution in [1.29, 1.82) is 0 Å². The van der Waals surface area contributed by atoms with Crippen molar-refractivity contribution in [2.75, 3.05) is 5.32 Å². The molecule has 2 amide bonds. The number of carbonyl (C=O) groups excluding carboxylic acids is 2. The second-order valence-corrected chi connectivity index (χ2v) is 5.48. The van der Waals surface area contributed by atoms with Crippen molar-refractivity contribution in [3.63, 3.8) is 0 Å². The van der Waals surface area contributed by atoms with Crippen LogP contribution in [0.4, 0.5) is 5.69 Å². The predicted molar refractivity (Wildman–Crippen MR) is 90.8 cm³/mol. The number of benzene rings is 1. The van der Waals surface area contributed by atoms with Crippen LogP contribution in [0.15, 0.2) is 47.1 Å². The van der Waals surface area contributed by atoms with E-state index in [1.165, 1.54) is 12.3 Å². The summed E-state index contributed by atoms with van der Waals surface area (Å²) in [6.07, 6.45) is 1.40. The number of amides is 2. The average molecular weight is 339 g/mol. The van der Waals surface area contributed by atoms with Crippen molar-refractivity contribution in [2.45, 2.75) is 19.9 Å². The van der Waals surface area contributed by atoms with Crippen molar-refractivity contribution in [3.05, 3.63) is 54.2 Å². The van der Waals surface area contributed by atoms with Gasteiger partial charge in [0.25, 0.3) is 5.91 Å². The molecule has 3 N–H and O–H groups in total. The van der Waals surface area contributed by atoms with Gasteiger partial charge < -0.3 is 15.1 Å². The lowest BCUT2D eigenvalue weighted by atomic mass is 10.2. The van der Waals surface area contributed by atoms with Crippen LogP contribution in [0, 0.1) is 6.92 Å². The van der Waals surface area contributed by atoms with Gasteiger partial charge in [0.2, 0.25) is 5.91 Å². The molecule has 0 aliphatic heterocycles. The van der Waals surface area contributed by atoms with E-state index in [1.54, 1.807) is 25.1 Å². The first kappa shape index (κ1) is 16.4. The molecule has 0 radical (unpaired) electrons. The van der Waals surface area contributed by atoms with Crippen LogP contribution in [0.3, 0.4) is 0 Å².